The van der Waals surface area contributed by atoms with Crippen LogP contribution in [0.1, 0.15) is 17.0 Å². The molecule has 0 fully saturated rings. The highest BCUT2D eigenvalue weighted by Crippen LogP contribution is 2.29. The summed E-state index contributed by atoms with van der Waals surface area (Å²) in [6.07, 6.45) is 0.534. The summed E-state index contributed by atoms with van der Waals surface area (Å²) in [6.45, 7) is 0. The summed E-state index contributed by atoms with van der Waals surface area (Å²) in [5.41, 5.74) is 1.61. The molecule has 1 atom stereocenters. The minimum absolute atomic E-state index is 0.00559. The minimum Gasteiger partial charge on any atom is -0.207 e. The van der Waals surface area contributed by atoms with Gasteiger partial charge in [0.15, 0.2) is 0 Å². The molecule has 4 heteroatoms. The lowest BCUT2D eigenvalue weighted by atomic mass is 9.93. The zero-order chi connectivity index (χ0) is 13.8. The Labute approximate surface area is 130 Å². The van der Waals surface area contributed by atoms with Crippen molar-refractivity contribution in [3.8, 4) is 0 Å². The second-order valence-electron chi connectivity index (χ2n) is 4.31. The summed E-state index contributed by atoms with van der Waals surface area (Å²) in [7, 11) is 0. The summed E-state index contributed by atoms with van der Waals surface area (Å²) in [5.74, 6) is 0.182. The Bertz CT molecular complexity index is 572. The fourth-order valence-corrected chi connectivity index (χ4v) is 2.91. The molecule has 2 aromatic rings. The van der Waals surface area contributed by atoms with E-state index in [4.69, 9.17) is 23.2 Å². The van der Waals surface area contributed by atoms with Crippen molar-refractivity contribution in [2.24, 2.45) is 0 Å². The van der Waals surface area contributed by atoms with E-state index in [9.17, 15) is 4.39 Å². The Morgan fingerprint density at radius 1 is 1.16 bits per heavy atom. The lowest BCUT2D eigenvalue weighted by molar-refractivity contribution is 0.597. The number of rotatable bonds is 4. The maximum atomic E-state index is 13.9. The average molecular weight is 362 g/mol. The molecule has 0 heterocycles. The lowest BCUT2D eigenvalue weighted by Crippen LogP contribution is -2.07. The molecule has 0 bridgehead atoms. The van der Waals surface area contributed by atoms with E-state index in [0.29, 0.717) is 22.9 Å². The van der Waals surface area contributed by atoms with Crippen molar-refractivity contribution in [1.29, 1.82) is 0 Å². The van der Waals surface area contributed by atoms with Gasteiger partial charge in [-0.2, -0.15) is 0 Å². The molecule has 0 amide bonds. The Kier molecular flexibility index (Phi) is 5.26. The van der Waals surface area contributed by atoms with Gasteiger partial charge >= 0.3 is 0 Å². The molecule has 19 heavy (non-hydrogen) atoms. The summed E-state index contributed by atoms with van der Waals surface area (Å²) < 4.78 is 14.6. The highest BCUT2D eigenvalue weighted by molar-refractivity contribution is 9.10. The number of halogens is 4. The van der Waals surface area contributed by atoms with Gasteiger partial charge in [0, 0.05) is 21.3 Å². The van der Waals surface area contributed by atoms with Crippen molar-refractivity contribution in [3.05, 3.63) is 68.9 Å². The van der Waals surface area contributed by atoms with Crippen LogP contribution in [0.2, 0.25) is 5.02 Å². The predicted molar refractivity (Wildman–Crippen MR) is 82.7 cm³/mol. The number of hydrogen-bond donors (Lipinski definition) is 0. The van der Waals surface area contributed by atoms with Crippen LogP contribution in [0, 0.1) is 5.82 Å². The second-order valence-corrected chi connectivity index (χ2v) is 5.94. The van der Waals surface area contributed by atoms with Gasteiger partial charge in [-0.1, -0.05) is 51.8 Å². The summed E-state index contributed by atoms with van der Waals surface area (Å²) in [6, 6.07) is 12.6. The maximum Gasteiger partial charge on any atom is 0.127 e. The van der Waals surface area contributed by atoms with Crippen LogP contribution in [0.5, 0.6) is 0 Å². The first-order valence-corrected chi connectivity index (χ1v) is 7.56. The van der Waals surface area contributed by atoms with Gasteiger partial charge in [0.05, 0.1) is 0 Å². The fourth-order valence-electron chi connectivity index (χ4n) is 2.01. The average Bonchev–Trinajstić information content (AvgIpc) is 2.39. The van der Waals surface area contributed by atoms with Gasteiger partial charge in [-0.3, -0.25) is 0 Å². The molecule has 2 aromatic carbocycles. The van der Waals surface area contributed by atoms with Crippen LogP contribution in [0.15, 0.2) is 46.9 Å². The third kappa shape index (κ3) is 3.71. The van der Waals surface area contributed by atoms with Crippen molar-refractivity contribution < 1.29 is 4.39 Å². The van der Waals surface area contributed by atoms with Crippen LogP contribution in [-0.2, 0) is 6.42 Å². The molecular weight excluding hydrogens is 350 g/mol. The SMILES string of the molecule is Fc1cc(Br)ccc1CC(CCl)c1ccccc1Cl. The van der Waals surface area contributed by atoms with Crippen molar-refractivity contribution >= 4 is 39.1 Å². The van der Waals surface area contributed by atoms with Gasteiger partial charge in [0.1, 0.15) is 5.82 Å². The van der Waals surface area contributed by atoms with Gasteiger partial charge in [-0.05, 0) is 35.7 Å². The number of benzene rings is 2. The van der Waals surface area contributed by atoms with Crippen LogP contribution < -0.4 is 0 Å². The molecule has 0 aliphatic heterocycles. The third-order valence-electron chi connectivity index (χ3n) is 3.01. The van der Waals surface area contributed by atoms with Crippen molar-refractivity contribution in [2.75, 3.05) is 5.88 Å². The molecule has 0 saturated heterocycles. The smallest absolute Gasteiger partial charge is 0.127 e. The Morgan fingerprint density at radius 3 is 2.53 bits per heavy atom. The monoisotopic (exact) mass is 360 g/mol. The van der Waals surface area contributed by atoms with E-state index < -0.39 is 0 Å². The van der Waals surface area contributed by atoms with Crippen molar-refractivity contribution in [1.82, 2.24) is 0 Å². The van der Waals surface area contributed by atoms with Crippen LogP contribution >= 0.6 is 39.1 Å². The molecule has 2 rings (SSSR count). The van der Waals surface area contributed by atoms with Crippen LogP contribution in [0.25, 0.3) is 0 Å². The second kappa shape index (κ2) is 6.74. The van der Waals surface area contributed by atoms with Crippen LogP contribution in [-0.4, -0.2) is 5.88 Å². The molecule has 0 aliphatic carbocycles. The Hall–Kier alpha value is -0.570. The van der Waals surface area contributed by atoms with Crippen LogP contribution in [0.3, 0.4) is 0 Å². The topological polar surface area (TPSA) is 0 Å². The molecule has 0 aliphatic rings. The molecule has 0 spiro atoms. The van der Waals surface area contributed by atoms with Gasteiger partial charge < -0.3 is 0 Å². The van der Waals surface area contributed by atoms with Gasteiger partial charge in [0.25, 0.3) is 0 Å². The quantitative estimate of drug-likeness (QED) is 0.603. The maximum absolute atomic E-state index is 13.9. The van der Waals surface area contributed by atoms with E-state index in [1.807, 2.05) is 30.3 Å². The third-order valence-corrected chi connectivity index (χ3v) is 4.22. The molecular formula is C15H12BrCl2F. The first-order chi connectivity index (χ1) is 9.11. The van der Waals surface area contributed by atoms with Crippen LogP contribution in [0.4, 0.5) is 4.39 Å². The van der Waals surface area contributed by atoms with Gasteiger partial charge in [0.2, 0.25) is 0 Å². The highest BCUT2D eigenvalue weighted by Gasteiger charge is 2.16. The zero-order valence-corrected chi connectivity index (χ0v) is 13.1. The van der Waals surface area contributed by atoms with Crippen molar-refractivity contribution in [3.63, 3.8) is 0 Å². The first-order valence-electron chi connectivity index (χ1n) is 5.86. The van der Waals surface area contributed by atoms with E-state index in [0.717, 1.165) is 10.0 Å². The summed E-state index contributed by atoms with van der Waals surface area (Å²) in [5, 5.41) is 0.672. The lowest BCUT2D eigenvalue weighted by Gasteiger charge is -2.16. The molecule has 0 N–H and O–H groups in total. The fraction of sp³-hybridized carbons (Fsp3) is 0.200. The molecule has 0 nitrogen and oxygen atoms in total. The predicted octanol–water partition coefficient (Wildman–Crippen LogP) is 5.81. The van der Waals surface area contributed by atoms with Crippen molar-refractivity contribution in [2.45, 2.75) is 12.3 Å². The molecule has 0 radical (unpaired) electrons. The Balaban J connectivity index is 2.27. The summed E-state index contributed by atoms with van der Waals surface area (Å²) >= 11 is 15.4. The van der Waals surface area contributed by atoms with E-state index in [1.54, 1.807) is 6.07 Å². The normalized spacial score (nSPS) is 12.4. The van der Waals surface area contributed by atoms with E-state index in [2.05, 4.69) is 15.9 Å². The van der Waals surface area contributed by atoms with Gasteiger partial charge in [-0.15, -0.1) is 11.6 Å². The number of alkyl halides is 1. The number of hydrogen-bond acceptors (Lipinski definition) is 0. The minimum atomic E-state index is -0.225. The largest absolute Gasteiger partial charge is 0.207 e. The van der Waals surface area contributed by atoms with Gasteiger partial charge in [-0.25, -0.2) is 4.39 Å². The zero-order valence-electron chi connectivity index (χ0n) is 10.0. The molecule has 0 aromatic heterocycles. The molecule has 0 saturated carbocycles. The highest BCUT2D eigenvalue weighted by atomic mass is 79.9. The molecule has 1 unspecified atom stereocenters. The first kappa shape index (κ1) is 14.8. The van der Waals surface area contributed by atoms with E-state index in [1.165, 1.54) is 6.07 Å². The molecule has 100 valence electrons. The standard InChI is InChI=1S/C15H12BrCl2F/c16-12-6-5-10(15(19)8-12)7-11(9-17)13-3-1-2-4-14(13)18/h1-6,8,11H,7,9H2. The Morgan fingerprint density at radius 2 is 1.89 bits per heavy atom. The summed E-state index contributed by atoms with van der Waals surface area (Å²) in [4.78, 5) is 0. The van der Waals surface area contributed by atoms with E-state index >= 15 is 0 Å². The van der Waals surface area contributed by atoms with E-state index in [-0.39, 0.29) is 11.7 Å².